The molecule has 0 unspecified atom stereocenters. The van der Waals surface area contributed by atoms with E-state index in [0.717, 1.165) is 56.5 Å². The van der Waals surface area contributed by atoms with E-state index in [1.807, 2.05) is 55.0 Å². The Hall–Kier alpha value is -5.21. The van der Waals surface area contributed by atoms with Gasteiger partial charge in [0, 0.05) is 59.8 Å². The van der Waals surface area contributed by atoms with Crippen molar-refractivity contribution in [2.24, 2.45) is 0 Å². The third-order valence-electron chi connectivity index (χ3n) is 6.98. The van der Waals surface area contributed by atoms with Gasteiger partial charge in [-0.2, -0.15) is 5.10 Å². The largest absolute Gasteiger partial charge is 0.338 e. The van der Waals surface area contributed by atoms with E-state index in [9.17, 15) is 4.39 Å². The van der Waals surface area contributed by atoms with Crippen molar-refractivity contribution in [3.05, 3.63) is 121 Å². The van der Waals surface area contributed by atoms with Gasteiger partial charge in [0.25, 0.3) is 0 Å². The molecule has 0 spiro atoms. The smallest absolute Gasteiger partial charge is 0.181 e. The van der Waals surface area contributed by atoms with Crippen molar-refractivity contribution < 1.29 is 4.39 Å². The quantitative estimate of drug-likeness (QED) is 0.216. The predicted octanol–water partition coefficient (Wildman–Crippen LogP) is 6.66. The molecule has 0 saturated heterocycles. The monoisotopic (exact) mass is 525 g/mol. The fourth-order valence-electron chi connectivity index (χ4n) is 5.02. The van der Waals surface area contributed by atoms with Crippen molar-refractivity contribution in [1.29, 1.82) is 0 Å². The Morgan fingerprint density at radius 2 is 1.60 bits per heavy atom. The summed E-state index contributed by atoms with van der Waals surface area (Å²) >= 11 is 0. The Morgan fingerprint density at radius 3 is 2.50 bits per heavy atom. The zero-order valence-corrected chi connectivity index (χ0v) is 21.4. The Kier molecular flexibility index (Phi) is 6.07. The fourth-order valence-corrected chi connectivity index (χ4v) is 5.02. The van der Waals surface area contributed by atoms with Gasteiger partial charge in [-0.1, -0.05) is 42.5 Å². The molecule has 5 heterocycles. The third-order valence-corrected chi connectivity index (χ3v) is 6.98. The summed E-state index contributed by atoms with van der Waals surface area (Å²) in [6.45, 7) is 1.50. The van der Waals surface area contributed by atoms with Gasteiger partial charge in [0.05, 0.1) is 11.4 Å². The number of fused-ring (bicyclic) bond motifs is 2. The lowest BCUT2D eigenvalue weighted by atomic mass is 10.0. The molecule has 0 atom stereocenters. The van der Waals surface area contributed by atoms with Gasteiger partial charge in [-0.15, -0.1) is 0 Å². The van der Waals surface area contributed by atoms with E-state index >= 15 is 0 Å². The minimum Gasteiger partial charge on any atom is -0.338 e. The van der Waals surface area contributed by atoms with Crippen molar-refractivity contribution in [3.63, 3.8) is 0 Å². The number of halogens is 1. The minimum absolute atomic E-state index is 0.276. The van der Waals surface area contributed by atoms with E-state index in [1.165, 1.54) is 17.7 Å². The number of pyridine rings is 3. The van der Waals surface area contributed by atoms with E-state index < -0.39 is 0 Å². The molecule has 194 valence electrons. The SMILES string of the molecule is Fc1cccc(-c2ccnc3[nH]c(-c4[nH]nc5ncc(-c6cncc(CNCc7ccccc7)c6)cc45)cc23)c1. The first kappa shape index (κ1) is 23.9. The molecular weight excluding hydrogens is 501 g/mol. The standard InChI is InChI=1S/C32H24FN7/c33-25-8-4-7-22(12-25)26-9-10-36-31-27(26)14-29(38-31)30-28-13-24(19-37-32(28)40-39-30)23-11-21(17-35-18-23)16-34-15-20-5-2-1-3-6-20/h1-14,17-19,34H,15-16H2,(H,36,38)(H,37,39,40). The number of H-pyrrole nitrogens is 2. The first-order chi connectivity index (χ1) is 19.7. The van der Waals surface area contributed by atoms with Crippen molar-refractivity contribution in [2.45, 2.75) is 13.1 Å². The van der Waals surface area contributed by atoms with Gasteiger partial charge in [0.15, 0.2) is 5.65 Å². The highest BCUT2D eigenvalue weighted by Crippen LogP contribution is 2.34. The predicted molar refractivity (Wildman–Crippen MR) is 155 cm³/mol. The van der Waals surface area contributed by atoms with Crippen molar-refractivity contribution >= 4 is 22.1 Å². The number of nitrogens with one attached hydrogen (secondary N) is 3. The molecule has 7 nitrogen and oxygen atoms in total. The number of hydrogen-bond donors (Lipinski definition) is 3. The third kappa shape index (κ3) is 4.61. The van der Waals surface area contributed by atoms with Crippen molar-refractivity contribution in [1.82, 2.24) is 35.5 Å². The van der Waals surface area contributed by atoms with Crippen LogP contribution in [-0.4, -0.2) is 30.1 Å². The fraction of sp³-hybridized carbons (Fsp3) is 0.0625. The second kappa shape index (κ2) is 10.2. The lowest BCUT2D eigenvalue weighted by Gasteiger charge is -2.07. The molecule has 0 aliphatic rings. The first-order valence-electron chi connectivity index (χ1n) is 13.0. The summed E-state index contributed by atoms with van der Waals surface area (Å²) in [5.41, 5.74) is 8.91. The van der Waals surface area contributed by atoms with Crippen LogP contribution in [0.1, 0.15) is 11.1 Å². The topological polar surface area (TPSA) is 95.2 Å². The van der Waals surface area contributed by atoms with Crippen LogP contribution in [0, 0.1) is 5.82 Å². The van der Waals surface area contributed by atoms with Crippen molar-refractivity contribution in [3.8, 4) is 33.6 Å². The molecule has 7 rings (SSSR count). The van der Waals surface area contributed by atoms with Crippen LogP contribution in [0.5, 0.6) is 0 Å². The summed E-state index contributed by atoms with van der Waals surface area (Å²) in [6.07, 6.45) is 7.27. The number of benzene rings is 2. The van der Waals surface area contributed by atoms with E-state index in [1.54, 1.807) is 12.3 Å². The molecule has 3 N–H and O–H groups in total. The van der Waals surface area contributed by atoms with E-state index in [-0.39, 0.29) is 5.82 Å². The minimum atomic E-state index is -0.276. The second-order valence-electron chi connectivity index (χ2n) is 9.68. The highest BCUT2D eigenvalue weighted by molar-refractivity contribution is 5.99. The maximum absolute atomic E-state index is 13.9. The van der Waals surface area contributed by atoms with E-state index in [2.05, 4.69) is 59.7 Å². The van der Waals surface area contributed by atoms with Gasteiger partial charge in [-0.25, -0.2) is 14.4 Å². The van der Waals surface area contributed by atoms with Crippen LogP contribution in [0.4, 0.5) is 4.39 Å². The van der Waals surface area contributed by atoms with Crippen molar-refractivity contribution in [2.75, 3.05) is 0 Å². The summed E-state index contributed by atoms with van der Waals surface area (Å²) < 4.78 is 13.9. The zero-order valence-electron chi connectivity index (χ0n) is 21.4. The molecule has 7 aromatic rings. The Labute approximate surface area is 229 Å². The summed E-state index contributed by atoms with van der Waals surface area (Å²) in [4.78, 5) is 17.0. The Morgan fingerprint density at radius 1 is 0.725 bits per heavy atom. The maximum atomic E-state index is 13.9. The second-order valence-corrected chi connectivity index (χ2v) is 9.68. The molecule has 0 saturated carbocycles. The van der Waals surface area contributed by atoms with Crippen LogP contribution in [0.3, 0.4) is 0 Å². The number of nitrogens with zero attached hydrogens (tertiary/aromatic N) is 4. The molecular formula is C32H24FN7. The van der Waals surface area contributed by atoms with Crippen LogP contribution in [-0.2, 0) is 13.1 Å². The Bertz CT molecular complexity index is 1960. The highest BCUT2D eigenvalue weighted by Gasteiger charge is 2.15. The molecule has 0 bridgehead atoms. The molecule has 2 aromatic carbocycles. The molecule has 0 radical (unpaired) electrons. The number of aromatic nitrogens is 6. The zero-order chi connectivity index (χ0) is 26.9. The summed E-state index contributed by atoms with van der Waals surface area (Å²) in [5, 5.41) is 12.8. The van der Waals surface area contributed by atoms with Gasteiger partial charge in [0.1, 0.15) is 11.5 Å². The molecule has 8 heteroatoms. The van der Waals surface area contributed by atoms with Crippen LogP contribution in [0.15, 0.2) is 104 Å². The summed E-state index contributed by atoms with van der Waals surface area (Å²) in [7, 11) is 0. The first-order valence-corrected chi connectivity index (χ1v) is 13.0. The Balaban J connectivity index is 1.20. The van der Waals surface area contributed by atoms with Crippen LogP contribution in [0.2, 0.25) is 0 Å². The number of rotatable bonds is 7. The molecule has 0 aliphatic carbocycles. The molecule has 0 aliphatic heterocycles. The van der Waals surface area contributed by atoms with Crippen LogP contribution < -0.4 is 5.32 Å². The molecule has 0 fully saturated rings. The lowest BCUT2D eigenvalue weighted by Crippen LogP contribution is -2.12. The normalized spacial score (nSPS) is 11.4. The van der Waals surface area contributed by atoms with Crippen LogP contribution in [0.25, 0.3) is 55.7 Å². The maximum Gasteiger partial charge on any atom is 0.181 e. The molecule has 0 amide bonds. The molecule has 40 heavy (non-hydrogen) atoms. The van der Waals surface area contributed by atoms with Gasteiger partial charge in [0.2, 0.25) is 0 Å². The number of aromatic amines is 2. The van der Waals surface area contributed by atoms with E-state index in [0.29, 0.717) is 17.8 Å². The molecule has 5 aromatic heterocycles. The van der Waals surface area contributed by atoms with Gasteiger partial charge < -0.3 is 10.3 Å². The van der Waals surface area contributed by atoms with Crippen LogP contribution >= 0.6 is 0 Å². The highest BCUT2D eigenvalue weighted by atomic mass is 19.1. The average molecular weight is 526 g/mol. The van der Waals surface area contributed by atoms with Gasteiger partial charge in [-0.3, -0.25) is 10.1 Å². The van der Waals surface area contributed by atoms with Gasteiger partial charge >= 0.3 is 0 Å². The summed E-state index contributed by atoms with van der Waals surface area (Å²) in [6, 6.07) is 25.0. The average Bonchev–Trinajstić information content (AvgIpc) is 3.62. The van der Waals surface area contributed by atoms with Gasteiger partial charge in [-0.05, 0) is 58.7 Å². The van der Waals surface area contributed by atoms with E-state index in [4.69, 9.17) is 0 Å². The summed E-state index contributed by atoms with van der Waals surface area (Å²) in [5.74, 6) is -0.276. The lowest BCUT2D eigenvalue weighted by molar-refractivity contribution is 0.628. The number of hydrogen-bond acceptors (Lipinski definition) is 5.